The molecule has 0 aliphatic heterocycles. The van der Waals surface area contributed by atoms with Gasteiger partial charge in [-0.25, -0.2) is 9.18 Å². The Kier molecular flexibility index (Phi) is 4.83. The number of esters is 1. The number of methoxy groups -OCH3 is 1. The van der Waals surface area contributed by atoms with Crippen molar-refractivity contribution in [1.82, 2.24) is 10.1 Å². The minimum absolute atomic E-state index is 0.0386. The van der Waals surface area contributed by atoms with Crippen LogP contribution in [0, 0.1) is 12.7 Å². The Morgan fingerprint density at radius 3 is 2.81 bits per heavy atom. The summed E-state index contributed by atoms with van der Waals surface area (Å²) in [7, 11) is 1.44. The average molecular weight is 358 g/mol. The van der Waals surface area contributed by atoms with Crippen molar-refractivity contribution in [1.29, 1.82) is 0 Å². The third kappa shape index (κ3) is 3.64. The summed E-state index contributed by atoms with van der Waals surface area (Å²) in [5.41, 5.74) is 0.897. The Morgan fingerprint density at radius 2 is 2.08 bits per heavy atom. The second-order valence-electron chi connectivity index (χ2n) is 5.43. The van der Waals surface area contributed by atoms with Crippen molar-refractivity contribution in [2.45, 2.75) is 13.5 Å². The van der Waals surface area contributed by atoms with Crippen LogP contribution >= 0.6 is 0 Å². The number of halogens is 1. The van der Waals surface area contributed by atoms with Crippen molar-refractivity contribution in [3.05, 3.63) is 59.2 Å². The van der Waals surface area contributed by atoms with Crippen molar-refractivity contribution in [2.24, 2.45) is 0 Å². The summed E-state index contributed by atoms with van der Waals surface area (Å²) in [6, 6.07) is 8.75. The molecule has 8 heteroatoms. The van der Waals surface area contributed by atoms with Crippen molar-refractivity contribution in [3.63, 3.8) is 0 Å². The monoisotopic (exact) mass is 358 g/mol. The van der Waals surface area contributed by atoms with Crippen molar-refractivity contribution < 1.29 is 28.3 Å². The van der Waals surface area contributed by atoms with Crippen LogP contribution in [0.2, 0.25) is 0 Å². The molecule has 3 aromatic rings. The first-order valence-electron chi connectivity index (χ1n) is 7.61. The molecule has 1 aromatic heterocycles. The van der Waals surface area contributed by atoms with E-state index in [1.54, 1.807) is 19.1 Å². The number of nitrogens with zero attached hydrogens (tertiary/aromatic N) is 2. The maximum atomic E-state index is 13.6. The van der Waals surface area contributed by atoms with Gasteiger partial charge in [0.15, 0.2) is 6.61 Å². The maximum Gasteiger partial charge on any atom is 0.342 e. The number of phenols is 1. The molecular weight excluding hydrogens is 343 g/mol. The zero-order valence-electron chi connectivity index (χ0n) is 14.0. The van der Waals surface area contributed by atoms with Crippen LogP contribution < -0.4 is 4.74 Å². The lowest BCUT2D eigenvalue weighted by Crippen LogP contribution is -2.06. The van der Waals surface area contributed by atoms with Gasteiger partial charge in [-0.2, -0.15) is 4.98 Å². The number of aromatic hydroxyl groups is 1. The van der Waals surface area contributed by atoms with E-state index in [1.165, 1.54) is 31.4 Å². The van der Waals surface area contributed by atoms with Crippen molar-refractivity contribution in [2.75, 3.05) is 7.11 Å². The Morgan fingerprint density at radius 1 is 1.27 bits per heavy atom. The number of aromatic nitrogens is 2. The van der Waals surface area contributed by atoms with Crippen LogP contribution in [0.1, 0.15) is 21.8 Å². The van der Waals surface area contributed by atoms with E-state index in [-0.39, 0.29) is 35.5 Å². The lowest BCUT2D eigenvalue weighted by Gasteiger charge is -2.06. The summed E-state index contributed by atoms with van der Waals surface area (Å²) < 4.78 is 28.7. The second-order valence-corrected chi connectivity index (χ2v) is 5.43. The van der Waals surface area contributed by atoms with Crippen LogP contribution in [0.3, 0.4) is 0 Å². The molecule has 0 aliphatic rings. The Bertz CT molecular complexity index is 955. The number of carbonyl (C=O) groups excluding carboxylic acids is 1. The van der Waals surface area contributed by atoms with E-state index in [0.29, 0.717) is 16.9 Å². The Labute approximate surface area is 148 Å². The zero-order valence-corrected chi connectivity index (χ0v) is 14.0. The van der Waals surface area contributed by atoms with Crippen LogP contribution in [-0.4, -0.2) is 28.3 Å². The van der Waals surface area contributed by atoms with Gasteiger partial charge in [0.25, 0.3) is 5.89 Å². The third-order valence-electron chi connectivity index (χ3n) is 3.65. The first-order chi connectivity index (χ1) is 12.5. The molecule has 0 atom stereocenters. The summed E-state index contributed by atoms with van der Waals surface area (Å²) in [5.74, 6) is -0.777. The van der Waals surface area contributed by atoms with Gasteiger partial charge in [0, 0.05) is 5.56 Å². The smallest absolute Gasteiger partial charge is 0.342 e. The minimum Gasteiger partial charge on any atom is -0.507 e. The SMILES string of the molecule is COc1ccc(O)c(C(=O)OCc2nc(-c3ccc(C)c(F)c3)no2)c1. The number of aryl methyl sites for hydroxylation is 1. The predicted octanol–water partition coefficient (Wildman–Crippen LogP) is 3.26. The molecule has 7 nitrogen and oxygen atoms in total. The molecule has 134 valence electrons. The van der Waals surface area contributed by atoms with E-state index < -0.39 is 5.97 Å². The van der Waals surface area contributed by atoms with Gasteiger partial charge in [-0.3, -0.25) is 0 Å². The van der Waals surface area contributed by atoms with Gasteiger partial charge in [-0.05, 0) is 36.8 Å². The van der Waals surface area contributed by atoms with Crippen LogP contribution in [0.5, 0.6) is 11.5 Å². The van der Waals surface area contributed by atoms with Crippen LogP contribution in [0.4, 0.5) is 4.39 Å². The van der Waals surface area contributed by atoms with E-state index >= 15 is 0 Å². The molecule has 1 N–H and O–H groups in total. The molecule has 0 unspecified atom stereocenters. The fourth-order valence-electron chi connectivity index (χ4n) is 2.17. The zero-order chi connectivity index (χ0) is 18.7. The molecule has 0 spiro atoms. The van der Waals surface area contributed by atoms with Crippen molar-refractivity contribution in [3.8, 4) is 22.9 Å². The fraction of sp³-hybridized carbons (Fsp3) is 0.167. The fourth-order valence-corrected chi connectivity index (χ4v) is 2.17. The minimum atomic E-state index is -0.775. The number of carbonyl (C=O) groups is 1. The molecule has 0 radical (unpaired) electrons. The standard InChI is InChI=1S/C18H15FN2O5/c1-10-3-4-11(7-14(10)19)17-20-16(26-21-17)9-25-18(23)13-8-12(24-2)5-6-15(13)22/h3-8,22H,9H2,1-2H3. The van der Waals surface area contributed by atoms with Gasteiger partial charge in [-0.15, -0.1) is 0 Å². The van der Waals surface area contributed by atoms with Gasteiger partial charge in [0.05, 0.1) is 7.11 Å². The summed E-state index contributed by atoms with van der Waals surface area (Å²) in [5, 5.41) is 13.5. The molecule has 26 heavy (non-hydrogen) atoms. The average Bonchev–Trinajstić information content (AvgIpc) is 3.11. The predicted molar refractivity (Wildman–Crippen MR) is 88.2 cm³/mol. The number of phenolic OH excluding ortho intramolecular Hbond substituents is 1. The van der Waals surface area contributed by atoms with Gasteiger partial charge < -0.3 is 19.1 Å². The molecule has 0 amide bonds. The van der Waals surface area contributed by atoms with E-state index in [2.05, 4.69) is 10.1 Å². The highest BCUT2D eigenvalue weighted by Crippen LogP contribution is 2.24. The van der Waals surface area contributed by atoms with Crippen LogP contribution in [-0.2, 0) is 11.3 Å². The molecule has 3 rings (SSSR count). The van der Waals surface area contributed by atoms with Gasteiger partial charge in [-0.1, -0.05) is 17.3 Å². The molecule has 0 bridgehead atoms. The highest BCUT2D eigenvalue weighted by atomic mass is 19.1. The summed E-state index contributed by atoms with van der Waals surface area (Å²) >= 11 is 0. The first kappa shape index (κ1) is 17.4. The maximum absolute atomic E-state index is 13.6. The molecule has 0 fully saturated rings. The number of ether oxygens (including phenoxy) is 2. The molecule has 0 saturated carbocycles. The topological polar surface area (TPSA) is 94.7 Å². The Balaban J connectivity index is 1.70. The van der Waals surface area contributed by atoms with E-state index in [1.807, 2.05) is 0 Å². The van der Waals surface area contributed by atoms with Gasteiger partial charge >= 0.3 is 5.97 Å². The third-order valence-corrected chi connectivity index (χ3v) is 3.65. The summed E-state index contributed by atoms with van der Waals surface area (Å²) in [4.78, 5) is 16.2. The Hall–Kier alpha value is -3.42. The van der Waals surface area contributed by atoms with Gasteiger partial charge in [0.2, 0.25) is 5.82 Å². The number of benzene rings is 2. The summed E-state index contributed by atoms with van der Waals surface area (Å²) in [6.07, 6.45) is 0. The second kappa shape index (κ2) is 7.22. The summed E-state index contributed by atoms with van der Waals surface area (Å²) in [6.45, 7) is 1.35. The molecular formula is C18H15FN2O5. The molecule has 0 aliphatic carbocycles. The van der Waals surface area contributed by atoms with E-state index in [4.69, 9.17) is 14.0 Å². The van der Waals surface area contributed by atoms with Crippen LogP contribution in [0.25, 0.3) is 11.4 Å². The number of rotatable bonds is 5. The van der Waals surface area contributed by atoms with Gasteiger partial charge in [0.1, 0.15) is 22.9 Å². The largest absolute Gasteiger partial charge is 0.507 e. The first-order valence-corrected chi connectivity index (χ1v) is 7.61. The van der Waals surface area contributed by atoms with E-state index in [0.717, 1.165) is 0 Å². The molecule has 1 heterocycles. The van der Waals surface area contributed by atoms with Crippen LogP contribution in [0.15, 0.2) is 40.9 Å². The highest BCUT2D eigenvalue weighted by Gasteiger charge is 2.16. The lowest BCUT2D eigenvalue weighted by molar-refractivity contribution is 0.0426. The lowest BCUT2D eigenvalue weighted by atomic mass is 10.1. The van der Waals surface area contributed by atoms with E-state index in [9.17, 15) is 14.3 Å². The quantitative estimate of drug-likeness (QED) is 0.700. The number of hydrogen-bond acceptors (Lipinski definition) is 7. The van der Waals surface area contributed by atoms with Crippen molar-refractivity contribution >= 4 is 5.97 Å². The normalized spacial score (nSPS) is 10.6. The molecule has 2 aromatic carbocycles. The molecule has 0 saturated heterocycles. The highest BCUT2D eigenvalue weighted by molar-refractivity contribution is 5.92. The number of hydrogen-bond donors (Lipinski definition) is 1.